The lowest BCUT2D eigenvalue weighted by atomic mass is 10.2. The van der Waals surface area contributed by atoms with Crippen molar-refractivity contribution in [3.05, 3.63) is 47.8 Å². The molecule has 1 unspecified atom stereocenters. The van der Waals surface area contributed by atoms with Crippen LogP contribution in [0.15, 0.2) is 35.6 Å². The average Bonchev–Trinajstić information content (AvgIpc) is 3.40. The molecule has 0 bridgehead atoms. The van der Waals surface area contributed by atoms with Crippen molar-refractivity contribution >= 4 is 5.96 Å². The van der Waals surface area contributed by atoms with E-state index in [9.17, 15) is 4.39 Å². The van der Waals surface area contributed by atoms with Gasteiger partial charge in [0.05, 0.1) is 24.9 Å². The minimum atomic E-state index is -0.287. The third-order valence-corrected chi connectivity index (χ3v) is 4.95. The minimum absolute atomic E-state index is 0.265. The van der Waals surface area contributed by atoms with Gasteiger partial charge in [-0.15, -0.1) is 0 Å². The lowest BCUT2D eigenvalue weighted by Gasteiger charge is -2.13. The Morgan fingerprint density at radius 2 is 2.30 bits per heavy atom. The molecule has 0 aliphatic carbocycles. The first-order valence-corrected chi connectivity index (χ1v) is 10.7. The highest BCUT2D eigenvalue weighted by Gasteiger charge is 2.15. The van der Waals surface area contributed by atoms with Gasteiger partial charge in [-0.1, -0.05) is 6.07 Å². The molecule has 30 heavy (non-hydrogen) atoms. The van der Waals surface area contributed by atoms with Crippen molar-refractivity contribution in [1.29, 1.82) is 0 Å². The molecule has 1 aromatic carbocycles. The van der Waals surface area contributed by atoms with E-state index < -0.39 is 0 Å². The molecule has 1 saturated heterocycles. The number of nitrogens with one attached hydrogen (secondary N) is 2. The van der Waals surface area contributed by atoms with Crippen LogP contribution in [0.3, 0.4) is 0 Å². The normalized spacial score (nSPS) is 16.8. The van der Waals surface area contributed by atoms with Crippen molar-refractivity contribution in [3.63, 3.8) is 0 Å². The molecule has 1 atom stereocenters. The Balaban J connectivity index is 1.45. The number of aromatic nitrogens is 2. The summed E-state index contributed by atoms with van der Waals surface area (Å²) in [5, 5.41) is 6.51. The zero-order valence-corrected chi connectivity index (χ0v) is 17.9. The number of imidazole rings is 1. The number of hydrogen-bond donors (Lipinski definition) is 2. The van der Waals surface area contributed by atoms with Crippen LogP contribution in [-0.2, 0) is 16.0 Å². The standard InChI is InChI=1S/C22H32FN5O2/c1-3-24-22(26-9-5-12-29-16-19-6-4-13-30-19)27-15-18-7-8-21(20(23)14-18)28-11-10-25-17(28)2/h7-8,10-11,14,19H,3-6,9,12-13,15-16H2,1-2H3,(H2,24,26,27). The Hall–Kier alpha value is -2.45. The maximum atomic E-state index is 14.5. The van der Waals surface area contributed by atoms with Crippen LogP contribution in [0, 0.1) is 12.7 Å². The van der Waals surface area contributed by atoms with E-state index in [1.807, 2.05) is 19.9 Å². The monoisotopic (exact) mass is 417 g/mol. The van der Waals surface area contributed by atoms with Gasteiger partial charge in [0.25, 0.3) is 0 Å². The van der Waals surface area contributed by atoms with Crippen molar-refractivity contribution in [1.82, 2.24) is 20.2 Å². The van der Waals surface area contributed by atoms with Gasteiger partial charge in [-0.2, -0.15) is 0 Å². The number of nitrogens with zero attached hydrogens (tertiary/aromatic N) is 3. The third kappa shape index (κ3) is 6.53. The molecule has 164 valence electrons. The molecule has 2 heterocycles. The fourth-order valence-corrected chi connectivity index (χ4v) is 3.36. The van der Waals surface area contributed by atoms with E-state index in [0.717, 1.165) is 50.3 Å². The number of ether oxygens (including phenoxy) is 2. The maximum Gasteiger partial charge on any atom is 0.191 e. The minimum Gasteiger partial charge on any atom is -0.379 e. The summed E-state index contributed by atoms with van der Waals surface area (Å²) in [5.41, 5.74) is 1.30. The lowest BCUT2D eigenvalue weighted by Crippen LogP contribution is -2.38. The van der Waals surface area contributed by atoms with Gasteiger partial charge < -0.3 is 24.7 Å². The predicted octanol–water partition coefficient (Wildman–Crippen LogP) is 2.96. The van der Waals surface area contributed by atoms with Crippen LogP contribution >= 0.6 is 0 Å². The zero-order valence-electron chi connectivity index (χ0n) is 17.9. The van der Waals surface area contributed by atoms with Gasteiger partial charge in [0.1, 0.15) is 11.6 Å². The Bertz CT molecular complexity index is 818. The van der Waals surface area contributed by atoms with E-state index in [1.165, 1.54) is 6.07 Å². The van der Waals surface area contributed by atoms with E-state index in [0.29, 0.717) is 31.4 Å². The molecule has 0 spiro atoms. The van der Waals surface area contributed by atoms with Crippen LogP contribution in [0.4, 0.5) is 4.39 Å². The molecule has 8 heteroatoms. The number of aliphatic imine (C=N–C) groups is 1. The van der Waals surface area contributed by atoms with Crippen molar-refractivity contribution in [2.24, 2.45) is 4.99 Å². The van der Waals surface area contributed by atoms with Crippen molar-refractivity contribution < 1.29 is 13.9 Å². The summed E-state index contributed by atoms with van der Waals surface area (Å²) in [5.74, 6) is 1.18. The van der Waals surface area contributed by atoms with Crippen LogP contribution in [-0.4, -0.2) is 54.5 Å². The van der Waals surface area contributed by atoms with E-state index >= 15 is 0 Å². The van der Waals surface area contributed by atoms with Gasteiger partial charge in [0.2, 0.25) is 0 Å². The Morgan fingerprint density at radius 3 is 3.00 bits per heavy atom. The number of aryl methyl sites for hydroxylation is 1. The molecule has 1 aliphatic heterocycles. The van der Waals surface area contributed by atoms with E-state index in [1.54, 1.807) is 23.0 Å². The van der Waals surface area contributed by atoms with E-state index in [-0.39, 0.29) is 11.9 Å². The highest BCUT2D eigenvalue weighted by atomic mass is 19.1. The van der Waals surface area contributed by atoms with Crippen LogP contribution in [0.1, 0.15) is 37.6 Å². The smallest absolute Gasteiger partial charge is 0.191 e. The van der Waals surface area contributed by atoms with Gasteiger partial charge in [-0.25, -0.2) is 14.4 Å². The van der Waals surface area contributed by atoms with Crippen molar-refractivity contribution in [3.8, 4) is 5.69 Å². The van der Waals surface area contributed by atoms with E-state index in [4.69, 9.17) is 9.47 Å². The molecule has 3 rings (SSSR count). The van der Waals surface area contributed by atoms with Crippen LogP contribution in [0.25, 0.3) is 5.69 Å². The summed E-state index contributed by atoms with van der Waals surface area (Å²) in [4.78, 5) is 8.71. The Kier molecular flexibility index (Phi) is 8.65. The summed E-state index contributed by atoms with van der Waals surface area (Å²) in [6, 6.07) is 5.19. The fraction of sp³-hybridized carbons (Fsp3) is 0.545. The lowest BCUT2D eigenvalue weighted by molar-refractivity contribution is 0.0168. The fourth-order valence-electron chi connectivity index (χ4n) is 3.36. The Labute approximate surface area is 177 Å². The van der Waals surface area contributed by atoms with Gasteiger partial charge in [-0.05, 0) is 50.8 Å². The molecule has 0 saturated carbocycles. The largest absolute Gasteiger partial charge is 0.379 e. The third-order valence-electron chi connectivity index (χ3n) is 4.95. The number of rotatable bonds is 10. The molecular formula is C22H32FN5O2. The highest BCUT2D eigenvalue weighted by molar-refractivity contribution is 5.79. The summed E-state index contributed by atoms with van der Waals surface area (Å²) in [6.07, 6.45) is 6.79. The molecule has 0 amide bonds. The molecule has 1 aromatic heterocycles. The Morgan fingerprint density at radius 1 is 1.40 bits per heavy atom. The first-order chi connectivity index (χ1) is 14.7. The summed E-state index contributed by atoms with van der Waals surface area (Å²) >= 11 is 0. The second-order valence-corrected chi connectivity index (χ2v) is 7.32. The molecule has 2 aromatic rings. The quantitative estimate of drug-likeness (QED) is 0.353. The SMILES string of the molecule is CCNC(=NCc1ccc(-n2ccnc2C)c(F)c1)NCCCOCC1CCCO1. The maximum absolute atomic E-state index is 14.5. The highest BCUT2D eigenvalue weighted by Crippen LogP contribution is 2.17. The summed E-state index contributed by atoms with van der Waals surface area (Å²) < 4.78 is 27.5. The van der Waals surface area contributed by atoms with Crippen LogP contribution < -0.4 is 10.6 Å². The first-order valence-electron chi connectivity index (χ1n) is 10.7. The summed E-state index contributed by atoms with van der Waals surface area (Å²) in [7, 11) is 0. The number of halogens is 1. The van der Waals surface area contributed by atoms with Crippen molar-refractivity contribution in [2.75, 3.05) is 32.9 Å². The average molecular weight is 418 g/mol. The number of guanidine groups is 1. The topological polar surface area (TPSA) is 72.7 Å². The second kappa shape index (κ2) is 11.7. The molecule has 7 nitrogen and oxygen atoms in total. The molecular weight excluding hydrogens is 385 g/mol. The molecule has 1 fully saturated rings. The van der Waals surface area contributed by atoms with Gasteiger partial charge in [-0.3, -0.25) is 0 Å². The predicted molar refractivity (Wildman–Crippen MR) is 115 cm³/mol. The second-order valence-electron chi connectivity index (χ2n) is 7.32. The van der Waals surface area contributed by atoms with Crippen LogP contribution in [0.2, 0.25) is 0 Å². The van der Waals surface area contributed by atoms with Crippen molar-refractivity contribution in [2.45, 2.75) is 45.8 Å². The molecule has 0 radical (unpaired) electrons. The molecule has 1 aliphatic rings. The first kappa shape index (κ1) is 22.2. The zero-order chi connectivity index (χ0) is 21.2. The van der Waals surface area contributed by atoms with Gasteiger partial charge in [0.15, 0.2) is 5.96 Å². The van der Waals surface area contributed by atoms with Gasteiger partial charge in [0, 0.05) is 38.7 Å². The van der Waals surface area contributed by atoms with Crippen LogP contribution in [0.5, 0.6) is 0 Å². The molecule has 2 N–H and O–H groups in total. The van der Waals surface area contributed by atoms with Gasteiger partial charge >= 0.3 is 0 Å². The number of benzene rings is 1. The number of hydrogen-bond acceptors (Lipinski definition) is 4. The summed E-state index contributed by atoms with van der Waals surface area (Å²) in [6.45, 7) is 7.99. The van der Waals surface area contributed by atoms with E-state index in [2.05, 4.69) is 20.6 Å².